The van der Waals surface area contributed by atoms with Crippen molar-refractivity contribution in [2.45, 2.75) is 62.5 Å². The summed E-state index contributed by atoms with van der Waals surface area (Å²) >= 11 is 0.831. The van der Waals surface area contributed by atoms with Crippen molar-refractivity contribution in [2.24, 2.45) is 0 Å². The molecule has 0 amide bonds. The molecule has 136 valence electrons. The average molecular weight is 369 g/mol. The van der Waals surface area contributed by atoms with Crippen LogP contribution in [0, 0.1) is 0 Å². The molecule has 2 saturated heterocycles. The lowest BCUT2D eigenvalue weighted by Gasteiger charge is -2.29. The van der Waals surface area contributed by atoms with E-state index in [-0.39, 0.29) is 42.4 Å². The summed E-state index contributed by atoms with van der Waals surface area (Å²) in [7, 11) is 3.17. The van der Waals surface area contributed by atoms with Crippen molar-refractivity contribution in [1.29, 1.82) is 0 Å². The van der Waals surface area contributed by atoms with Gasteiger partial charge in [0.2, 0.25) is 0 Å². The number of hydrogen-bond acceptors (Lipinski definition) is 8. The predicted molar refractivity (Wildman–Crippen MR) is 85.5 cm³/mol. The van der Waals surface area contributed by atoms with Gasteiger partial charge in [0.1, 0.15) is 6.10 Å². The Hall–Kier alpha value is 0.340. The highest BCUT2D eigenvalue weighted by Gasteiger charge is 2.38. The van der Waals surface area contributed by atoms with Gasteiger partial charge in [0.25, 0.3) is 0 Å². The quantitative estimate of drug-likeness (QED) is 0.596. The fraction of sp³-hybridized carbons (Fsp3) is 1.00. The highest BCUT2D eigenvalue weighted by atomic mass is 32.7. The van der Waals surface area contributed by atoms with Gasteiger partial charge >= 0.3 is 0 Å². The SMILES string of the molecule is COCC1OC(C)C[C@@H]1SP(=O)([O-])OCC1OC(C)C[C@@H]1OC. The lowest BCUT2D eigenvalue weighted by atomic mass is 10.1. The first-order valence-electron chi connectivity index (χ1n) is 7.81. The molecule has 2 aliphatic rings. The third-order valence-corrected chi connectivity index (χ3v) is 7.46. The average Bonchev–Trinajstić information content (AvgIpc) is 2.99. The van der Waals surface area contributed by atoms with E-state index in [1.807, 2.05) is 13.8 Å². The Morgan fingerprint density at radius 3 is 2.43 bits per heavy atom. The molecular weight excluding hydrogens is 343 g/mol. The zero-order valence-electron chi connectivity index (χ0n) is 14.0. The molecule has 5 unspecified atom stereocenters. The van der Waals surface area contributed by atoms with E-state index in [9.17, 15) is 9.46 Å². The summed E-state index contributed by atoms with van der Waals surface area (Å²) in [5.74, 6) is 0. The van der Waals surface area contributed by atoms with Crippen LogP contribution in [0.25, 0.3) is 0 Å². The van der Waals surface area contributed by atoms with Gasteiger partial charge in [-0.1, -0.05) is 11.4 Å². The van der Waals surface area contributed by atoms with Crippen molar-refractivity contribution in [3.63, 3.8) is 0 Å². The van der Waals surface area contributed by atoms with E-state index in [4.69, 9.17) is 23.5 Å². The molecule has 2 fully saturated rings. The molecule has 9 heteroatoms. The molecule has 0 saturated carbocycles. The minimum atomic E-state index is -4.04. The lowest BCUT2D eigenvalue weighted by Crippen LogP contribution is -2.29. The third kappa shape index (κ3) is 5.68. The molecule has 0 bridgehead atoms. The van der Waals surface area contributed by atoms with Crippen molar-refractivity contribution in [2.75, 3.05) is 27.4 Å². The fourth-order valence-corrected chi connectivity index (χ4v) is 6.40. The Kier molecular flexibility index (Phi) is 7.38. The van der Waals surface area contributed by atoms with Crippen LogP contribution in [-0.2, 0) is 28.0 Å². The topological polar surface area (TPSA) is 86.3 Å². The van der Waals surface area contributed by atoms with Crippen molar-refractivity contribution >= 4 is 18.2 Å². The first-order chi connectivity index (χ1) is 10.8. The summed E-state index contributed by atoms with van der Waals surface area (Å²) in [6.07, 6.45) is 0.737. The zero-order valence-corrected chi connectivity index (χ0v) is 15.7. The molecule has 0 aromatic heterocycles. The summed E-state index contributed by atoms with van der Waals surface area (Å²) < 4.78 is 39.2. The van der Waals surface area contributed by atoms with Crippen LogP contribution < -0.4 is 4.89 Å². The van der Waals surface area contributed by atoms with Crippen LogP contribution in [0.4, 0.5) is 0 Å². The maximum absolute atomic E-state index is 12.3. The maximum Gasteiger partial charge on any atom is 0.192 e. The van der Waals surface area contributed by atoms with Crippen molar-refractivity contribution in [3.05, 3.63) is 0 Å². The second-order valence-electron chi connectivity index (χ2n) is 6.06. The summed E-state index contributed by atoms with van der Waals surface area (Å²) in [6.45, 7) is 0.172. The Labute approximate surface area is 141 Å². The Morgan fingerprint density at radius 2 is 1.78 bits per heavy atom. The van der Waals surface area contributed by atoms with Crippen molar-refractivity contribution in [1.82, 2.24) is 0 Å². The minimum Gasteiger partial charge on any atom is -0.770 e. The van der Waals surface area contributed by atoms with E-state index in [0.717, 1.165) is 17.8 Å². The fourth-order valence-electron chi connectivity index (χ4n) is 3.02. The number of hydrogen-bond donors (Lipinski definition) is 0. The van der Waals surface area contributed by atoms with Crippen LogP contribution in [0.2, 0.25) is 0 Å². The summed E-state index contributed by atoms with van der Waals surface area (Å²) in [5.41, 5.74) is 0. The van der Waals surface area contributed by atoms with Gasteiger partial charge in [-0.2, -0.15) is 0 Å². The number of rotatable bonds is 8. The van der Waals surface area contributed by atoms with Crippen LogP contribution >= 0.6 is 18.2 Å². The molecule has 7 atom stereocenters. The summed E-state index contributed by atoms with van der Waals surface area (Å²) in [6, 6.07) is 0. The van der Waals surface area contributed by atoms with E-state index in [0.29, 0.717) is 13.0 Å². The lowest BCUT2D eigenvalue weighted by molar-refractivity contribution is -0.193. The van der Waals surface area contributed by atoms with Crippen LogP contribution in [0.15, 0.2) is 0 Å². The second kappa shape index (κ2) is 8.63. The van der Waals surface area contributed by atoms with E-state index in [2.05, 4.69) is 0 Å². The van der Waals surface area contributed by atoms with Crippen molar-refractivity contribution < 1.29 is 32.9 Å². The third-order valence-electron chi connectivity index (χ3n) is 4.07. The Morgan fingerprint density at radius 1 is 1.13 bits per heavy atom. The van der Waals surface area contributed by atoms with Gasteiger partial charge in [0, 0.05) is 25.9 Å². The van der Waals surface area contributed by atoms with Crippen LogP contribution in [0.1, 0.15) is 26.7 Å². The van der Waals surface area contributed by atoms with Crippen LogP contribution in [0.5, 0.6) is 0 Å². The van der Waals surface area contributed by atoms with E-state index in [1.165, 1.54) is 0 Å². The molecule has 0 N–H and O–H groups in total. The van der Waals surface area contributed by atoms with Gasteiger partial charge in [0.05, 0.1) is 37.6 Å². The maximum atomic E-state index is 12.3. The minimum absolute atomic E-state index is 0.0181. The van der Waals surface area contributed by atoms with E-state index in [1.54, 1.807) is 14.2 Å². The van der Waals surface area contributed by atoms with Crippen LogP contribution in [0.3, 0.4) is 0 Å². The molecular formula is C14H26O7PS-. The molecule has 23 heavy (non-hydrogen) atoms. The van der Waals surface area contributed by atoms with E-state index >= 15 is 0 Å². The first-order valence-corrected chi connectivity index (χ1v) is 10.8. The molecule has 0 spiro atoms. The predicted octanol–water partition coefficient (Wildman–Crippen LogP) is 1.59. The smallest absolute Gasteiger partial charge is 0.192 e. The van der Waals surface area contributed by atoms with Gasteiger partial charge in [-0.05, 0) is 20.3 Å². The molecule has 2 aliphatic heterocycles. The van der Waals surface area contributed by atoms with Gasteiger partial charge in [-0.3, -0.25) is 4.57 Å². The number of methoxy groups -OCH3 is 2. The van der Waals surface area contributed by atoms with Crippen LogP contribution in [-0.4, -0.2) is 63.2 Å². The molecule has 2 heterocycles. The van der Waals surface area contributed by atoms with E-state index < -0.39 is 6.80 Å². The zero-order chi connectivity index (χ0) is 17.0. The highest BCUT2D eigenvalue weighted by molar-refractivity contribution is 8.54. The largest absolute Gasteiger partial charge is 0.770 e. The molecule has 7 nitrogen and oxygen atoms in total. The molecule has 0 aromatic carbocycles. The van der Waals surface area contributed by atoms with Gasteiger partial charge in [0.15, 0.2) is 6.80 Å². The molecule has 0 aromatic rings. The molecule has 0 aliphatic carbocycles. The summed E-state index contributed by atoms with van der Waals surface area (Å²) in [4.78, 5) is 12.3. The van der Waals surface area contributed by atoms with Gasteiger partial charge < -0.3 is 28.4 Å². The summed E-state index contributed by atoms with van der Waals surface area (Å²) in [5, 5.41) is -0.185. The standard InChI is InChI=1S/C14H27O7PS/c1-9-5-11(18-4)12(20-9)8-19-22(15,16)23-14-6-10(2)21-13(14)7-17-3/h9-14H,5-8H2,1-4H3,(H,15,16)/p-1/t9?,10?,11-,12?,13?,14-/m0/s1. The number of ether oxygens (including phenoxy) is 4. The molecule has 0 radical (unpaired) electrons. The Balaban J connectivity index is 1.85. The first kappa shape index (κ1) is 19.7. The second-order valence-corrected chi connectivity index (χ2v) is 10.0. The van der Waals surface area contributed by atoms with Gasteiger partial charge in [-0.15, -0.1) is 0 Å². The highest BCUT2D eigenvalue weighted by Crippen LogP contribution is 2.57. The molecule has 2 rings (SSSR count). The monoisotopic (exact) mass is 369 g/mol. The van der Waals surface area contributed by atoms with Gasteiger partial charge in [-0.25, -0.2) is 0 Å². The Bertz CT molecular complexity index is 424. The van der Waals surface area contributed by atoms with Crippen molar-refractivity contribution in [3.8, 4) is 0 Å². The normalized spacial score (nSPS) is 40.4.